The maximum Gasteiger partial charge on any atom is 0.203 e. The van der Waals surface area contributed by atoms with Crippen LogP contribution in [0.3, 0.4) is 0 Å². The maximum atomic E-state index is 5.44. The summed E-state index contributed by atoms with van der Waals surface area (Å²) in [6.07, 6.45) is 1.85. The quantitative estimate of drug-likeness (QED) is 0.271. The van der Waals surface area contributed by atoms with Gasteiger partial charge in [0.15, 0.2) is 17.5 Å². The third kappa shape index (κ3) is 6.65. The van der Waals surface area contributed by atoms with Crippen molar-refractivity contribution in [3.05, 3.63) is 34.6 Å². The number of aryl methyl sites for hydroxylation is 2. The fraction of sp³-hybridized carbons (Fsp3) is 0.545. The lowest BCUT2D eigenvalue weighted by atomic mass is 10.1. The van der Waals surface area contributed by atoms with Gasteiger partial charge in [-0.05, 0) is 37.5 Å². The van der Waals surface area contributed by atoms with Crippen LogP contribution in [-0.4, -0.2) is 43.6 Å². The van der Waals surface area contributed by atoms with Crippen LogP contribution in [0, 0.1) is 0 Å². The van der Waals surface area contributed by atoms with Gasteiger partial charge < -0.3 is 24.8 Å². The summed E-state index contributed by atoms with van der Waals surface area (Å²) in [6.45, 7) is 8.27. The molecule has 1 heterocycles. The normalized spacial score (nSPS) is 11.0. The van der Waals surface area contributed by atoms with E-state index in [1.165, 1.54) is 11.3 Å². The zero-order valence-electron chi connectivity index (χ0n) is 19.7. The number of halogens is 1. The van der Waals surface area contributed by atoms with Crippen LogP contribution >= 0.6 is 24.0 Å². The van der Waals surface area contributed by atoms with Crippen LogP contribution in [0.2, 0.25) is 0 Å². The number of hydrogen-bond acceptors (Lipinski definition) is 5. The van der Waals surface area contributed by atoms with Crippen molar-refractivity contribution in [3.63, 3.8) is 0 Å². The van der Waals surface area contributed by atoms with E-state index in [2.05, 4.69) is 36.5 Å². The van der Waals surface area contributed by atoms with E-state index in [0.29, 0.717) is 30.3 Å². The summed E-state index contributed by atoms with van der Waals surface area (Å²) in [6, 6.07) is 3.83. The molecule has 0 fully saturated rings. The third-order valence-electron chi connectivity index (χ3n) is 4.95. The van der Waals surface area contributed by atoms with Crippen molar-refractivity contribution in [1.82, 2.24) is 20.4 Å². The molecule has 1 aromatic carbocycles. The van der Waals surface area contributed by atoms with Crippen molar-refractivity contribution in [2.24, 2.45) is 12.0 Å². The molecule has 0 aliphatic rings. The summed E-state index contributed by atoms with van der Waals surface area (Å²) >= 11 is 0. The summed E-state index contributed by atoms with van der Waals surface area (Å²) in [5, 5.41) is 11.4. The Kier molecular flexibility index (Phi) is 11.5. The number of aliphatic imine (C=N–C) groups is 1. The minimum absolute atomic E-state index is 0. The molecule has 0 saturated carbocycles. The van der Waals surface area contributed by atoms with Gasteiger partial charge in [0.1, 0.15) is 0 Å². The van der Waals surface area contributed by atoms with E-state index in [0.717, 1.165) is 36.6 Å². The second-order valence-corrected chi connectivity index (χ2v) is 6.78. The summed E-state index contributed by atoms with van der Waals surface area (Å²) in [5.74, 6) is 2.57. The molecular formula is C22H36IN5O3. The molecule has 2 rings (SSSR count). The number of benzene rings is 1. The summed E-state index contributed by atoms with van der Waals surface area (Å²) in [5.41, 5.74) is 4.59. The molecule has 0 saturated heterocycles. The zero-order chi connectivity index (χ0) is 22.1. The molecule has 0 unspecified atom stereocenters. The van der Waals surface area contributed by atoms with E-state index in [9.17, 15) is 0 Å². The topological polar surface area (TPSA) is 81.9 Å². The SMILES string of the molecule is CCNC(=NCc1cc(OC)c(OC)c(OC)c1)NCc1c(CC)nn(C)c1CC.I. The summed E-state index contributed by atoms with van der Waals surface area (Å²) in [7, 11) is 6.82. The van der Waals surface area contributed by atoms with E-state index < -0.39 is 0 Å². The highest BCUT2D eigenvalue weighted by Gasteiger charge is 2.15. The molecule has 0 amide bonds. The van der Waals surface area contributed by atoms with Crippen molar-refractivity contribution in [2.45, 2.75) is 46.7 Å². The zero-order valence-corrected chi connectivity index (χ0v) is 22.0. The smallest absolute Gasteiger partial charge is 0.203 e. The molecule has 2 N–H and O–H groups in total. The van der Waals surface area contributed by atoms with Gasteiger partial charge in [0.25, 0.3) is 0 Å². The largest absolute Gasteiger partial charge is 0.493 e. The van der Waals surface area contributed by atoms with Crippen molar-refractivity contribution >= 4 is 29.9 Å². The molecule has 0 aliphatic heterocycles. The molecule has 1 aromatic heterocycles. The lowest BCUT2D eigenvalue weighted by Gasteiger charge is -2.15. The van der Waals surface area contributed by atoms with E-state index >= 15 is 0 Å². The van der Waals surface area contributed by atoms with Crippen LogP contribution in [0.1, 0.15) is 43.3 Å². The first-order valence-electron chi connectivity index (χ1n) is 10.4. The van der Waals surface area contributed by atoms with Crippen LogP contribution in [0.4, 0.5) is 0 Å². The minimum Gasteiger partial charge on any atom is -0.493 e. The van der Waals surface area contributed by atoms with Gasteiger partial charge in [-0.25, -0.2) is 4.99 Å². The molecule has 0 radical (unpaired) electrons. The first-order valence-corrected chi connectivity index (χ1v) is 10.4. The molecule has 0 atom stereocenters. The molecular weight excluding hydrogens is 509 g/mol. The molecule has 9 heteroatoms. The first-order chi connectivity index (χ1) is 14.5. The fourth-order valence-corrected chi connectivity index (χ4v) is 3.50. The van der Waals surface area contributed by atoms with Crippen LogP contribution in [0.15, 0.2) is 17.1 Å². The lowest BCUT2D eigenvalue weighted by Crippen LogP contribution is -2.37. The van der Waals surface area contributed by atoms with Gasteiger partial charge in [0, 0.05) is 31.4 Å². The molecule has 0 aliphatic carbocycles. The molecule has 0 bridgehead atoms. The number of ether oxygens (including phenoxy) is 3. The van der Waals surface area contributed by atoms with Crippen molar-refractivity contribution in [2.75, 3.05) is 27.9 Å². The number of nitrogens with one attached hydrogen (secondary N) is 2. The average molecular weight is 545 g/mol. The Labute approximate surface area is 202 Å². The van der Waals surface area contributed by atoms with E-state index in [1.807, 2.05) is 23.9 Å². The van der Waals surface area contributed by atoms with Gasteiger partial charge in [-0.1, -0.05) is 13.8 Å². The number of rotatable bonds is 10. The molecule has 31 heavy (non-hydrogen) atoms. The Bertz CT molecular complexity index is 842. The number of nitrogens with zero attached hydrogens (tertiary/aromatic N) is 3. The monoisotopic (exact) mass is 545 g/mol. The standard InChI is InChI=1S/C22H35N5O3.HI/c1-8-17-16(18(9-2)27(4)26-17)14-25-22(23-10-3)24-13-15-11-19(28-5)21(30-7)20(12-15)29-6;/h11-12H,8-10,13-14H2,1-7H3,(H2,23,24,25);1H. The number of aromatic nitrogens is 2. The van der Waals surface area contributed by atoms with Gasteiger partial charge >= 0.3 is 0 Å². The van der Waals surface area contributed by atoms with E-state index in [1.54, 1.807) is 21.3 Å². The highest BCUT2D eigenvalue weighted by atomic mass is 127. The van der Waals surface area contributed by atoms with E-state index in [4.69, 9.17) is 19.2 Å². The molecule has 2 aromatic rings. The molecule has 0 spiro atoms. The van der Waals surface area contributed by atoms with Gasteiger partial charge in [-0.3, -0.25) is 4.68 Å². The Morgan fingerprint density at radius 2 is 1.65 bits per heavy atom. The Morgan fingerprint density at radius 3 is 2.13 bits per heavy atom. The third-order valence-corrected chi connectivity index (χ3v) is 4.95. The first kappa shape index (κ1) is 26.9. The van der Waals surface area contributed by atoms with Crippen LogP contribution in [0.25, 0.3) is 0 Å². The predicted octanol–water partition coefficient (Wildman–Crippen LogP) is 3.44. The van der Waals surface area contributed by atoms with Crippen molar-refractivity contribution in [1.29, 1.82) is 0 Å². The summed E-state index contributed by atoms with van der Waals surface area (Å²) < 4.78 is 18.3. The summed E-state index contributed by atoms with van der Waals surface area (Å²) in [4.78, 5) is 4.74. The Balaban J connectivity index is 0.00000480. The highest BCUT2D eigenvalue weighted by molar-refractivity contribution is 14.0. The Hall–Kier alpha value is -2.17. The van der Waals surface area contributed by atoms with Crippen LogP contribution < -0.4 is 24.8 Å². The Morgan fingerprint density at radius 1 is 1.00 bits per heavy atom. The number of hydrogen-bond donors (Lipinski definition) is 2. The number of methoxy groups -OCH3 is 3. The second-order valence-electron chi connectivity index (χ2n) is 6.78. The number of guanidine groups is 1. The van der Waals surface area contributed by atoms with E-state index in [-0.39, 0.29) is 24.0 Å². The molecule has 174 valence electrons. The second kappa shape index (κ2) is 13.3. The minimum atomic E-state index is 0. The van der Waals surface area contributed by atoms with Crippen molar-refractivity contribution in [3.8, 4) is 17.2 Å². The lowest BCUT2D eigenvalue weighted by molar-refractivity contribution is 0.324. The fourth-order valence-electron chi connectivity index (χ4n) is 3.50. The maximum absolute atomic E-state index is 5.44. The molecule has 8 nitrogen and oxygen atoms in total. The van der Waals surface area contributed by atoms with Gasteiger partial charge in [0.05, 0.1) is 33.6 Å². The van der Waals surface area contributed by atoms with Crippen LogP contribution in [-0.2, 0) is 33.0 Å². The van der Waals surface area contributed by atoms with Gasteiger partial charge in [0.2, 0.25) is 5.75 Å². The van der Waals surface area contributed by atoms with Crippen LogP contribution in [0.5, 0.6) is 17.2 Å². The average Bonchev–Trinajstić information content (AvgIpc) is 3.08. The van der Waals surface area contributed by atoms with Gasteiger partial charge in [-0.2, -0.15) is 5.10 Å². The predicted molar refractivity (Wildman–Crippen MR) is 135 cm³/mol. The highest BCUT2D eigenvalue weighted by Crippen LogP contribution is 2.38. The van der Waals surface area contributed by atoms with Gasteiger partial charge in [-0.15, -0.1) is 24.0 Å². The van der Waals surface area contributed by atoms with Crippen molar-refractivity contribution < 1.29 is 14.2 Å².